The molecule has 0 aromatic heterocycles. The summed E-state index contributed by atoms with van der Waals surface area (Å²) in [6.07, 6.45) is 0.537. The van der Waals surface area contributed by atoms with Gasteiger partial charge in [0.2, 0.25) is 0 Å². The molecule has 0 unspecified atom stereocenters. The number of amides is 1. The minimum Gasteiger partial charge on any atom is -0.410 e. The van der Waals surface area contributed by atoms with Crippen LogP contribution in [0.3, 0.4) is 0 Å². The van der Waals surface area contributed by atoms with E-state index in [2.05, 4.69) is 10.2 Å². The molecule has 28 heavy (non-hydrogen) atoms. The van der Waals surface area contributed by atoms with Crippen LogP contribution in [-0.4, -0.2) is 35.3 Å². The molecule has 3 rings (SSSR count). The van der Waals surface area contributed by atoms with Gasteiger partial charge in [-0.05, 0) is 24.1 Å². The first-order chi connectivity index (χ1) is 13.5. The van der Waals surface area contributed by atoms with Crippen molar-refractivity contribution in [2.45, 2.75) is 13.0 Å². The fourth-order valence-electron chi connectivity index (χ4n) is 2.95. The van der Waals surface area contributed by atoms with Gasteiger partial charge in [-0.15, -0.1) is 0 Å². The number of non-ortho nitro benzene ring substituents is 1. The van der Waals surface area contributed by atoms with Crippen LogP contribution in [0.5, 0.6) is 5.75 Å². The number of rotatable bonds is 6. The highest BCUT2D eigenvalue weighted by Crippen LogP contribution is 2.19. The van der Waals surface area contributed by atoms with Crippen molar-refractivity contribution in [3.05, 3.63) is 81.5 Å². The second-order valence-electron chi connectivity index (χ2n) is 6.33. The van der Waals surface area contributed by atoms with Gasteiger partial charge in [0.15, 0.2) is 0 Å². The van der Waals surface area contributed by atoms with Crippen LogP contribution < -0.4 is 10.1 Å². The highest BCUT2D eigenvalue weighted by molar-refractivity contribution is 5.79. The first-order valence-corrected chi connectivity index (χ1v) is 8.72. The Kier molecular flexibility index (Phi) is 6.13. The summed E-state index contributed by atoms with van der Waals surface area (Å²) in [4.78, 5) is 35.8. The van der Waals surface area contributed by atoms with Crippen LogP contribution in [0, 0.1) is 10.1 Å². The first-order valence-electron chi connectivity index (χ1n) is 8.72. The van der Waals surface area contributed by atoms with Gasteiger partial charge in [-0.2, -0.15) is 0 Å². The highest BCUT2D eigenvalue weighted by atomic mass is 16.6. The van der Waals surface area contributed by atoms with E-state index in [4.69, 9.17) is 4.74 Å². The molecular weight excluding hydrogens is 362 g/mol. The third-order valence-corrected chi connectivity index (χ3v) is 4.37. The SMILES string of the molecule is O=CC1=C(NC(=O)Oc2ccc([N+](=O)[O-])cc2)CN(Cc2ccccc2)CC1. The second-order valence-corrected chi connectivity index (χ2v) is 6.33. The lowest BCUT2D eigenvalue weighted by atomic mass is 10.1. The van der Waals surface area contributed by atoms with Gasteiger partial charge in [0.25, 0.3) is 5.69 Å². The van der Waals surface area contributed by atoms with Crippen molar-refractivity contribution in [3.63, 3.8) is 0 Å². The Balaban J connectivity index is 1.62. The molecule has 0 saturated carbocycles. The minimum absolute atomic E-state index is 0.0949. The number of carbonyl (C=O) groups excluding carboxylic acids is 2. The standard InChI is InChI=1S/C20H19N3O5/c24-14-16-10-11-22(12-15-4-2-1-3-5-15)13-19(16)21-20(25)28-18-8-6-17(7-9-18)23(26)27/h1-9,14H,10-13H2,(H,21,25). The fourth-order valence-corrected chi connectivity index (χ4v) is 2.95. The van der Waals surface area contributed by atoms with Crippen LogP contribution in [-0.2, 0) is 11.3 Å². The van der Waals surface area contributed by atoms with Crippen molar-refractivity contribution in [2.75, 3.05) is 13.1 Å². The summed E-state index contributed by atoms with van der Waals surface area (Å²) in [5, 5.41) is 13.3. The first kappa shape index (κ1) is 19.2. The molecule has 0 bridgehead atoms. The van der Waals surface area contributed by atoms with E-state index in [1.54, 1.807) is 0 Å². The molecule has 1 aliphatic heterocycles. The van der Waals surface area contributed by atoms with E-state index >= 15 is 0 Å². The average Bonchev–Trinajstić information content (AvgIpc) is 2.69. The maximum Gasteiger partial charge on any atom is 0.416 e. The van der Waals surface area contributed by atoms with Crippen LogP contribution >= 0.6 is 0 Å². The molecule has 2 aromatic rings. The molecule has 0 atom stereocenters. The van der Waals surface area contributed by atoms with E-state index in [-0.39, 0.29) is 11.4 Å². The number of nitrogens with one attached hydrogen (secondary N) is 1. The molecule has 1 N–H and O–H groups in total. The van der Waals surface area contributed by atoms with E-state index in [9.17, 15) is 19.7 Å². The van der Waals surface area contributed by atoms with E-state index in [1.807, 2.05) is 30.3 Å². The number of nitro benzene ring substituents is 1. The number of hydrogen-bond acceptors (Lipinski definition) is 6. The zero-order valence-corrected chi connectivity index (χ0v) is 15.0. The van der Waals surface area contributed by atoms with E-state index < -0.39 is 11.0 Å². The van der Waals surface area contributed by atoms with Crippen molar-refractivity contribution < 1.29 is 19.2 Å². The lowest BCUT2D eigenvalue weighted by Crippen LogP contribution is -2.39. The Labute approximate surface area is 161 Å². The zero-order valence-electron chi connectivity index (χ0n) is 15.0. The summed E-state index contributed by atoms with van der Waals surface area (Å²) in [5.41, 5.74) is 2.08. The monoisotopic (exact) mass is 381 g/mol. The van der Waals surface area contributed by atoms with Crippen molar-refractivity contribution in [1.82, 2.24) is 10.2 Å². The van der Waals surface area contributed by atoms with Crippen LogP contribution in [0.15, 0.2) is 65.9 Å². The number of ether oxygens (including phenoxy) is 1. The number of nitrogens with zero attached hydrogens (tertiary/aromatic N) is 2. The second kappa shape index (κ2) is 8.92. The molecule has 1 aliphatic rings. The predicted molar refractivity (Wildman–Crippen MR) is 102 cm³/mol. The molecule has 2 aromatic carbocycles. The number of hydrogen-bond donors (Lipinski definition) is 1. The Morgan fingerprint density at radius 1 is 1.18 bits per heavy atom. The lowest BCUT2D eigenvalue weighted by molar-refractivity contribution is -0.384. The Morgan fingerprint density at radius 2 is 1.89 bits per heavy atom. The number of nitro groups is 1. The normalized spacial score (nSPS) is 14.4. The van der Waals surface area contributed by atoms with Crippen molar-refractivity contribution >= 4 is 18.1 Å². The maximum atomic E-state index is 12.2. The Hall–Kier alpha value is -3.52. The van der Waals surface area contributed by atoms with E-state index in [0.29, 0.717) is 37.3 Å². The zero-order chi connectivity index (χ0) is 19.9. The average molecular weight is 381 g/mol. The third kappa shape index (κ3) is 5.01. The largest absolute Gasteiger partial charge is 0.416 e. The summed E-state index contributed by atoms with van der Waals surface area (Å²) >= 11 is 0. The summed E-state index contributed by atoms with van der Waals surface area (Å²) in [6.45, 7) is 1.83. The van der Waals surface area contributed by atoms with Crippen LogP contribution in [0.25, 0.3) is 0 Å². The van der Waals surface area contributed by atoms with Crippen molar-refractivity contribution in [2.24, 2.45) is 0 Å². The maximum absolute atomic E-state index is 12.2. The number of carbonyl (C=O) groups is 2. The van der Waals surface area contributed by atoms with Gasteiger partial charge >= 0.3 is 6.09 Å². The van der Waals surface area contributed by atoms with Gasteiger partial charge < -0.3 is 4.74 Å². The molecule has 0 fully saturated rings. The van der Waals surface area contributed by atoms with Gasteiger partial charge in [0.1, 0.15) is 12.0 Å². The molecule has 0 radical (unpaired) electrons. The fraction of sp³-hybridized carbons (Fsp3) is 0.200. The van der Waals surface area contributed by atoms with Crippen LogP contribution in [0.2, 0.25) is 0 Å². The minimum atomic E-state index is -0.746. The van der Waals surface area contributed by atoms with Gasteiger partial charge in [-0.1, -0.05) is 30.3 Å². The van der Waals surface area contributed by atoms with Crippen molar-refractivity contribution in [3.8, 4) is 5.75 Å². The summed E-state index contributed by atoms with van der Waals surface area (Å²) in [7, 11) is 0. The summed E-state index contributed by atoms with van der Waals surface area (Å²) in [5.74, 6) is 0.174. The predicted octanol–water partition coefficient (Wildman–Crippen LogP) is 3.04. The highest BCUT2D eigenvalue weighted by Gasteiger charge is 2.21. The molecular formula is C20H19N3O5. The molecule has 8 nitrogen and oxygen atoms in total. The lowest BCUT2D eigenvalue weighted by Gasteiger charge is -2.29. The van der Waals surface area contributed by atoms with Gasteiger partial charge in [-0.25, -0.2) is 4.79 Å². The quantitative estimate of drug-likeness (QED) is 0.469. The number of aldehydes is 1. The molecule has 8 heteroatoms. The summed E-state index contributed by atoms with van der Waals surface area (Å²) in [6, 6.07) is 15.1. The topological polar surface area (TPSA) is 102 Å². The molecule has 144 valence electrons. The molecule has 1 amide bonds. The van der Waals surface area contributed by atoms with E-state index in [0.717, 1.165) is 11.8 Å². The molecule has 0 spiro atoms. The summed E-state index contributed by atoms with van der Waals surface area (Å²) < 4.78 is 5.16. The van der Waals surface area contributed by atoms with Crippen LogP contribution in [0.1, 0.15) is 12.0 Å². The van der Waals surface area contributed by atoms with Gasteiger partial charge in [0.05, 0.1) is 4.92 Å². The molecule has 0 saturated heterocycles. The smallest absolute Gasteiger partial charge is 0.410 e. The molecule has 1 heterocycles. The Morgan fingerprint density at radius 3 is 2.54 bits per heavy atom. The van der Waals surface area contributed by atoms with Gasteiger partial charge in [-0.3, -0.25) is 25.1 Å². The van der Waals surface area contributed by atoms with Crippen LogP contribution in [0.4, 0.5) is 10.5 Å². The third-order valence-electron chi connectivity index (χ3n) is 4.37. The van der Waals surface area contributed by atoms with E-state index in [1.165, 1.54) is 24.3 Å². The van der Waals surface area contributed by atoms with Gasteiger partial charge in [0, 0.05) is 43.0 Å². The van der Waals surface area contributed by atoms with Crippen molar-refractivity contribution in [1.29, 1.82) is 0 Å². The molecule has 0 aliphatic carbocycles. The number of benzene rings is 2. The Bertz CT molecular complexity index is 894.